The van der Waals surface area contributed by atoms with Gasteiger partial charge in [0.2, 0.25) is 0 Å². The summed E-state index contributed by atoms with van der Waals surface area (Å²) in [6, 6.07) is 15.4. The Kier molecular flexibility index (Phi) is 4.11. The van der Waals surface area contributed by atoms with E-state index in [4.69, 9.17) is 9.73 Å². The molecule has 1 aliphatic rings. The lowest BCUT2D eigenvalue weighted by Gasteiger charge is -2.28. The van der Waals surface area contributed by atoms with Gasteiger partial charge in [0.15, 0.2) is 0 Å². The zero-order chi connectivity index (χ0) is 15.5. The topological polar surface area (TPSA) is 53.8 Å². The molecule has 0 aromatic heterocycles. The van der Waals surface area contributed by atoms with E-state index in [1.54, 1.807) is 13.2 Å². The van der Waals surface area contributed by atoms with Crippen LogP contribution in [0.25, 0.3) is 0 Å². The van der Waals surface area contributed by atoms with Crippen molar-refractivity contribution in [3.8, 4) is 11.5 Å². The third-order valence-electron chi connectivity index (χ3n) is 3.90. The van der Waals surface area contributed by atoms with Crippen LogP contribution in [0, 0.1) is 0 Å². The van der Waals surface area contributed by atoms with Gasteiger partial charge in [0.1, 0.15) is 11.5 Å². The number of aromatic hydroxyl groups is 1. The number of hydrogen-bond donors (Lipinski definition) is 2. The molecule has 0 radical (unpaired) electrons. The van der Waals surface area contributed by atoms with Gasteiger partial charge in [0.25, 0.3) is 0 Å². The minimum absolute atomic E-state index is 0.000410. The van der Waals surface area contributed by atoms with Crippen molar-refractivity contribution in [2.45, 2.75) is 25.6 Å². The van der Waals surface area contributed by atoms with Crippen molar-refractivity contribution in [1.82, 2.24) is 5.32 Å². The highest BCUT2D eigenvalue weighted by Gasteiger charge is 2.24. The highest BCUT2D eigenvalue weighted by molar-refractivity contribution is 6.01. The lowest BCUT2D eigenvalue weighted by Crippen LogP contribution is -2.36. The number of benzene rings is 2. The van der Waals surface area contributed by atoms with Gasteiger partial charge in [0.05, 0.1) is 13.3 Å². The second kappa shape index (κ2) is 6.20. The first-order chi connectivity index (χ1) is 10.7. The van der Waals surface area contributed by atoms with Gasteiger partial charge in [0, 0.05) is 23.7 Å². The molecule has 1 heterocycles. The summed E-state index contributed by atoms with van der Waals surface area (Å²) in [5, 5.41) is 13.5. The standard InChI is InChI=1S/C18H20N2O2/c1-12-19-16(13-6-5-7-14(10-13)22-2)11-17(20-12)15-8-3-4-9-18(15)21/h3-10,12,17,20-21H,11H2,1-2H3. The van der Waals surface area contributed by atoms with Crippen molar-refractivity contribution in [3.63, 3.8) is 0 Å². The largest absolute Gasteiger partial charge is 0.508 e. The van der Waals surface area contributed by atoms with Gasteiger partial charge < -0.3 is 9.84 Å². The third-order valence-corrected chi connectivity index (χ3v) is 3.90. The smallest absolute Gasteiger partial charge is 0.120 e. The summed E-state index contributed by atoms with van der Waals surface area (Å²) in [7, 11) is 1.66. The molecule has 114 valence electrons. The number of phenolic OH excluding ortho intramolecular Hbond substituents is 1. The monoisotopic (exact) mass is 296 g/mol. The van der Waals surface area contributed by atoms with Gasteiger partial charge >= 0.3 is 0 Å². The Morgan fingerprint density at radius 3 is 2.77 bits per heavy atom. The number of nitrogens with one attached hydrogen (secondary N) is 1. The van der Waals surface area contributed by atoms with E-state index in [2.05, 4.69) is 5.32 Å². The average Bonchev–Trinajstić information content (AvgIpc) is 2.55. The molecule has 0 amide bonds. The predicted molar refractivity (Wildman–Crippen MR) is 87.6 cm³/mol. The van der Waals surface area contributed by atoms with Crippen LogP contribution in [0.3, 0.4) is 0 Å². The second-order valence-corrected chi connectivity index (χ2v) is 5.47. The first-order valence-corrected chi connectivity index (χ1v) is 7.42. The van der Waals surface area contributed by atoms with Crippen molar-refractivity contribution >= 4 is 5.71 Å². The molecule has 2 unspecified atom stereocenters. The Morgan fingerprint density at radius 2 is 2.00 bits per heavy atom. The molecule has 0 aliphatic carbocycles. The van der Waals surface area contributed by atoms with Crippen molar-refractivity contribution in [1.29, 1.82) is 0 Å². The fourth-order valence-corrected chi connectivity index (χ4v) is 2.84. The van der Waals surface area contributed by atoms with Crippen molar-refractivity contribution in [3.05, 3.63) is 59.7 Å². The van der Waals surface area contributed by atoms with Crippen LogP contribution in [0.2, 0.25) is 0 Å². The summed E-state index contributed by atoms with van der Waals surface area (Å²) in [6.07, 6.45) is 0.731. The van der Waals surface area contributed by atoms with E-state index in [9.17, 15) is 5.11 Å². The van der Waals surface area contributed by atoms with Crippen molar-refractivity contribution in [2.24, 2.45) is 4.99 Å². The second-order valence-electron chi connectivity index (χ2n) is 5.47. The normalized spacial score (nSPS) is 21.3. The molecule has 0 bridgehead atoms. The maximum absolute atomic E-state index is 10.1. The lowest BCUT2D eigenvalue weighted by molar-refractivity contribution is 0.413. The Morgan fingerprint density at radius 1 is 1.18 bits per heavy atom. The quantitative estimate of drug-likeness (QED) is 0.914. The molecular formula is C18H20N2O2. The number of para-hydroxylation sites is 1. The molecule has 4 nitrogen and oxygen atoms in total. The minimum Gasteiger partial charge on any atom is -0.508 e. The number of hydrogen-bond acceptors (Lipinski definition) is 4. The molecule has 0 saturated carbocycles. The number of rotatable bonds is 3. The van der Waals surface area contributed by atoms with Crippen LogP contribution in [0.4, 0.5) is 0 Å². The Bertz CT molecular complexity index is 697. The van der Waals surface area contributed by atoms with Gasteiger partial charge in [-0.2, -0.15) is 0 Å². The summed E-state index contributed by atoms with van der Waals surface area (Å²) >= 11 is 0. The first kappa shape index (κ1) is 14.6. The van der Waals surface area contributed by atoms with E-state index in [1.807, 2.05) is 49.4 Å². The fourth-order valence-electron chi connectivity index (χ4n) is 2.84. The van der Waals surface area contributed by atoms with Crippen molar-refractivity contribution in [2.75, 3.05) is 7.11 Å². The minimum atomic E-state index is -0.000410. The molecule has 2 aromatic rings. The number of phenols is 1. The van der Waals surface area contributed by atoms with E-state index in [0.29, 0.717) is 5.75 Å². The van der Waals surface area contributed by atoms with Gasteiger partial charge in [-0.1, -0.05) is 30.3 Å². The average molecular weight is 296 g/mol. The van der Waals surface area contributed by atoms with Gasteiger partial charge in [-0.05, 0) is 30.7 Å². The Hall–Kier alpha value is -2.33. The van der Waals surface area contributed by atoms with Gasteiger partial charge in [-0.15, -0.1) is 0 Å². The fraction of sp³-hybridized carbons (Fsp3) is 0.278. The van der Waals surface area contributed by atoms with Crippen LogP contribution in [0.1, 0.15) is 30.5 Å². The van der Waals surface area contributed by atoms with Crippen LogP contribution in [0.5, 0.6) is 11.5 Å². The summed E-state index contributed by atoms with van der Waals surface area (Å²) in [5.41, 5.74) is 3.00. The van der Waals surface area contributed by atoms with Crippen LogP contribution in [-0.2, 0) is 0 Å². The maximum atomic E-state index is 10.1. The molecule has 0 spiro atoms. The molecule has 2 atom stereocenters. The highest BCUT2D eigenvalue weighted by atomic mass is 16.5. The Balaban J connectivity index is 1.91. The molecule has 3 rings (SSSR count). The number of methoxy groups -OCH3 is 1. The highest BCUT2D eigenvalue weighted by Crippen LogP contribution is 2.30. The zero-order valence-electron chi connectivity index (χ0n) is 12.8. The first-order valence-electron chi connectivity index (χ1n) is 7.42. The lowest BCUT2D eigenvalue weighted by atomic mass is 9.94. The summed E-state index contributed by atoms with van der Waals surface area (Å²) in [4.78, 5) is 4.70. The number of nitrogens with zero attached hydrogens (tertiary/aromatic N) is 1. The van der Waals surface area contributed by atoms with E-state index in [-0.39, 0.29) is 12.2 Å². The SMILES string of the molecule is COc1cccc(C2=NC(C)NC(c3ccccc3O)C2)c1. The number of aliphatic imine (C=N–C) groups is 1. The van der Waals surface area contributed by atoms with E-state index < -0.39 is 0 Å². The number of ether oxygens (including phenoxy) is 1. The molecule has 0 saturated heterocycles. The van der Waals surface area contributed by atoms with E-state index in [1.165, 1.54) is 0 Å². The molecule has 2 aromatic carbocycles. The summed E-state index contributed by atoms with van der Waals surface area (Å²) in [6.45, 7) is 2.02. The molecule has 0 fully saturated rings. The van der Waals surface area contributed by atoms with Crippen LogP contribution in [0.15, 0.2) is 53.5 Å². The molecule has 1 aliphatic heterocycles. The van der Waals surface area contributed by atoms with Gasteiger partial charge in [-0.3, -0.25) is 10.3 Å². The molecule has 4 heteroatoms. The predicted octanol–water partition coefficient (Wildman–Crippen LogP) is 3.27. The molecular weight excluding hydrogens is 276 g/mol. The molecule has 2 N–H and O–H groups in total. The zero-order valence-corrected chi connectivity index (χ0v) is 12.8. The summed E-state index contributed by atoms with van der Waals surface area (Å²) in [5.74, 6) is 1.14. The van der Waals surface area contributed by atoms with E-state index in [0.717, 1.165) is 29.0 Å². The maximum Gasteiger partial charge on any atom is 0.120 e. The molecule has 22 heavy (non-hydrogen) atoms. The Labute approximate surface area is 130 Å². The van der Waals surface area contributed by atoms with Gasteiger partial charge in [-0.25, -0.2) is 0 Å². The van der Waals surface area contributed by atoms with Crippen LogP contribution < -0.4 is 10.1 Å². The summed E-state index contributed by atoms with van der Waals surface area (Å²) < 4.78 is 5.29. The van der Waals surface area contributed by atoms with Crippen LogP contribution >= 0.6 is 0 Å². The van der Waals surface area contributed by atoms with Crippen LogP contribution in [-0.4, -0.2) is 24.1 Å². The van der Waals surface area contributed by atoms with Crippen molar-refractivity contribution < 1.29 is 9.84 Å². The van der Waals surface area contributed by atoms with E-state index >= 15 is 0 Å². The third kappa shape index (κ3) is 2.97.